The van der Waals surface area contributed by atoms with Gasteiger partial charge in [-0.3, -0.25) is 0 Å². The van der Waals surface area contributed by atoms with Crippen molar-refractivity contribution in [3.63, 3.8) is 0 Å². The molecule has 1 aromatic carbocycles. The van der Waals surface area contributed by atoms with Gasteiger partial charge >= 0.3 is 0 Å². The Balaban J connectivity index is 2.39. The molecule has 2 rings (SSSR count). The highest BCUT2D eigenvalue weighted by atomic mass is 16.3. The van der Waals surface area contributed by atoms with Crippen molar-refractivity contribution in [1.82, 2.24) is 0 Å². The maximum atomic E-state index is 9.49. The van der Waals surface area contributed by atoms with Crippen LogP contribution in [-0.4, -0.2) is 24.3 Å². The van der Waals surface area contributed by atoms with E-state index in [-0.39, 0.29) is 6.10 Å². The van der Waals surface area contributed by atoms with E-state index >= 15 is 0 Å². The van der Waals surface area contributed by atoms with E-state index in [1.807, 2.05) is 25.1 Å². The maximum Gasteiger partial charge on any atom is 0.101 e. The number of nitriles is 1. The second kappa shape index (κ2) is 3.92. The lowest BCUT2D eigenvalue weighted by molar-refractivity contribution is 0.198. The molecule has 1 heterocycles. The Morgan fingerprint density at radius 2 is 2.33 bits per heavy atom. The number of rotatable bonds is 1. The molecule has 3 heteroatoms. The molecule has 78 valence electrons. The van der Waals surface area contributed by atoms with Gasteiger partial charge in [0, 0.05) is 13.1 Å². The van der Waals surface area contributed by atoms with Gasteiger partial charge in [-0.25, -0.2) is 0 Å². The van der Waals surface area contributed by atoms with Crippen LogP contribution in [0.4, 0.5) is 5.69 Å². The summed E-state index contributed by atoms with van der Waals surface area (Å²) in [5, 5.41) is 18.5. The summed E-state index contributed by atoms with van der Waals surface area (Å²) in [5.74, 6) is 0. The van der Waals surface area contributed by atoms with Gasteiger partial charge in [0.05, 0.1) is 17.4 Å². The fourth-order valence-electron chi connectivity index (χ4n) is 2.11. The largest absolute Gasteiger partial charge is 0.391 e. The molecule has 15 heavy (non-hydrogen) atoms. The van der Waals surface area contributed by atoms with Crippen molar-refractivity contribution in [3.05, 3.63) is 29.3 Å². The third-order valence-electron chi connectivity index (χ3n) is 2.84. The van der Waals surface area contributed by atoms with Crippen molar-refractivity contribution in [2.45, 2.75) is 19.4 Å². The van der Waals surface area contributed by atoms with Crippen LogP contribution in [0.25, 0.3) is 0 Å². The molecule has 1 aliphatic rings. The molecule has 1 saturated heterocycles. The van der Waals surface area contributed by atoms with Gasteiger partial charge in [0.2, 0.25) is 0 Å². The van der Waals surface area contributed by atoms with Gasteiger partial charge in [0.15, 0.2) is 0 Å². The highest BCUT2D eigenvalue weighted by Crippen LogP contribution is 2.27. The lowest BCUT2D eigenvalue weighted by Gasteiger charge is -2.21. The van der Waals surface area contributed by atoms with E-state index in [0.29, 0.717) is 12.1 Å². The predicted octanol–water partition coefficient (Wildman–Crippen LogP) is 1.44. The van der Waals surface area contributed by atoms with Crippen molar-refractivity contribution in [2.24, 2.45) is 0 Å². The quantitative estimate of drug-likeness (QED) is 0.749. The Kier molecular flexibility index (Phi) is 2.61. The first-order chi connectivity index (χ1) is 7.22. The van der Waals surface area contributed by atoms with Crippen LogP contribution in [0.1, 0.15) is 17.5 Å². The first-order valence-corrected chi connectivity index (χ1v) is 5.15. The molecular formula is C12H14N2O. The summed E-state index contributed by atoms with van der Waals surface area (Å²) in [6.07, 6.45) is 0.537. The molecule has 3 nitrogen and oxygen atoms in total. The number of para-hydroxylation sites is 1. The summed E-state index contributed by atoms with van der Waals surface area (Å²) >= 11 is 0. The number of hydrogen-bond acceptors (Lipinski definition) is 3. The highest BCUT2D eigenvalue weighted by molar-refractivity contribution is 5.64. The van der Waals surface area contributed by atoms with Crippen LogP contribution in [0.5, 0.6) is 0 Å². The van der Waals surface area contributed by atoms with Crippen molar-refractivity contribution < 1.29 is 5.11 Å². The standard InChI is InChI=1S/C12H14N2O/c1-9-3-2-4-10(7-13)12(9)14-6-5-11(15)8-14/h2-4,11,15H,5-6,8H2,1H3/t11-/m0/s1. The molecule has 0 radical (unpaired) electrons. The number of hydrogen-bond donors (Lipinski definition) is 1. The van der Waals surface area contributed by atoms with E-state index in [4.69, 9.17) is 5.26 Å². The first-order valence-electron chi connectivity index (χ1n) is 5.15. The molecule has 1 fully saturated rings. The van der Waals surface area contributed by atoms with Gasteiger partial charge in [0.1, 0.15) is 6.07 Å². The van der Waals surface area contributed by atoms with Gasteiger partial charge < -0.3 is 10.0 Å². The predicted molar refractivity (Wildman–Crippen MR) is 58.7 cm³/mol. The Bertz CT molecular complexity index is 409. The summed E-state index contributed by atoms with van der Waals surface area (Å²) in [7, 11) is 0. The third kappa shape index (κ3) is 1.81. The highest BCUT2D eigenvalue weighted by Gasteiger charge is 2.23. The first kappa shape index (κ1) is 10.0. The number of aliphatic hydroxyl groups is 1. The topological polar surface area (TPSA) is 47.3 Å². The van der Waals surface area contributed by atoms with Crippen molar-refractivity contribution in [2.75, 3.05) is 18.0 Å². The number of aryl methyl sites for hydroxylation is 1. The molecule has 0 aromatic heterocycles. The van der Waals surface area contributed by atoms with E-state index in [1.165, 1.54) is 0 Å². The maximum absolute atomic E-state index is 9.49. The van der Waals surface area contributed by atoms with Crippen LogP contribution in [0.15, 0.2) is 18.2 Å². The van der Waals surface area contributed by atoms with Crippen LogP contribution in [0.3, 0.4) is 0 Å². The van der Waals surface area contributed by atoms with Gasteiger partial charge in [-0.2, -0.15) is 5.26 Å². The number of β-amino-alcohol motifs (C(OH)–C–C–N with tert-alkyl or cyclic N) is 1. The van der Waals surface area contributed by atoms with Crippen LogP contribution >= 0.6 is 0 Å². The Hall–Kier alpha value is -1.53. The zero-order chi connectivity index (χ0) is 10.8. The fraction of sp³-hybridized carbons (Fsp3) is 0.417. The second-order valence-corrected chi connectivity index (χ2v) is 3.97. The number of anilines is 1. The van der Waals surface area contributed by atoms with Gasteiger partial charge in [-0.15, -0.1) is 0 Å². The van der Waals surface area contributed by atoms with Crippen molar-refractivity contribution in [3.8, 4) is 6.07 Å². The smallest absolute Gasteiger partial charge is 0.101 e. The second-order valence-electron chi connectivity index (χ2n) is 3.97. The van der Waals surface area contributed by atoms with E-state index in [0.717, 1.165) is 24.2 Å². The van der Waals surface area contributed by atoms with Crippen LogP contribution in [-0.2, 0) is 0 Å². The minimum atomic E-state index is -0.254. The average Bonchev–Trinajstić information content (AvgIpc) is 2.64. The number of aliphatic hydroxyl groups excluding tert-OH is 1. The Morgan fingerprint density at radius 1 is 1.53 bits per heavy atom. The summed E-state index contributed by atoms with van der Waals surface area (Å²) < 4.78 is 0. The molecule has 0 saturated carbocycles. The minimum absolute atomic E-state index is 0.254. The van der Waals surface area contributed by atoms with E-state index < -0.39 is 0 Å². The normalized spacial score (nSPS) is 20.3. The zero-order valence-electron chi connectivity index (χ0n) is 8.77. The molecule has 1 N–H and O–H groups in total. The average molecular weight is 202 g/mol. The molecule has 0 amide bonds. The van der Waals surface area contributed by atoms with E-state index in [2.05, 4.69) is 11.0 Å². The lowest BCUT2D eigenvalue weighted by Crippen LogP contribution is -2.22. The van der Waals surface area contributed by atoms with Crippen LogP contribution in [0, 0.1) is 18.3 Å². The molecule has 0 aliphatic carbocycles. The lowest BCUT2D eigenvalue weighted by atomic mass is 10.1. The van der Waals surface area contributed by atoms with E-state index in [1.54, 1.807) is 0 Å². The molecule has 0 bridgehead atoms. The summed E-state index contributed by atoms with van der Waals surface area (Å²) in [4.78, 5) is 2.10. The summed E-state index contributed by atoms with van der Waals surface area (Å²) in [6.45, 7) is 3.47. The van der Waals surface area contributed by atoms with Crippen LogP contribution in [0.2, 0.25) is 0 Å². The third-order valence-corrected chi connectivity index (χ3v) is 2.84. The van der Waals surface area contributed by atoms with Gasteiger partial charge in [-0.05, 0) is 25.0 Å². The van der Waals surface area contributed by atoms with Crippen LogP contribution < -0.4 is 4.90 Å². The van der Waals surface area contributed by atoms with Crippen molar-refractivity contribution >= 4 is 5.69 Å². The summed E-state index contributed by atoms with van der Waals surface area (Å²) in [5.41, 5.74) is 2.78. The molecule has 1 aliphatic heterocycles. The monoisotopic (exact) mass is 202 g/mol. The molecule has 1 atom stereocenters. The SMILES string of the molecule is Cc1cccc(C#N)c1N1CC[C@H](O)C1. The Morgan fingerprint density at radius 3 is 2.93 bits per heavy atom. The zero-order valence-corrected chi connectivity index (χ0v) is 8.77. The molecular weight excluding hydrogens is 188 g/mol. The number of nitrogens with zero attached hydrogens (tertiary/aromatic N) is 2. The number of benzene rings is 1. The molecule has 1 aromatic rings. The molecule has 0 unspecified atom stereocenters. The summed E-state index contributed by atoms with van der Waals surface area (Å²) in [6, 6.07) is 7.92. The Labute approximate surface area is 89.6 Å². The van der Waals surface area contributed by atoms with Gasteiger partial charge in [0.25, 0.3) is 0 Å². The van der Waals surface area contributed by atoms with E-state index in [9.17, 15) is 5.11 Å². The fourth-order valence-corrected chi connectivity index (χ4v) is 2.11. The minimum Gasteiger partial charge on any atom is -0.391 e. The van der Waals surface area contributed by atoms with Crippen molar-refractivity contribution in [1.29, 1.82) is 5.26 Å². The molecule has 0 spiro atoms. The van der Waals surface area contributed by atoms with Gasteiger partial charge in [-0.1, -0.05) is 12.1 Å².